The smallest absolute Gasteiger partial charge is 0.251 e. The molecule has 0 unspecified atom stereocenters. The van der Waals surface area contributed by atoms with Crippen molar-refractivity contribution < 1.29 is 9.90 Å². The van der Waals surface area contributed by atoms with Crippen LogP contribution in [0.4, 0.5) is 0 Å². The predicted molar refractivity (Wildman–Crippen MR) is 81.7 cm³/mol. The number of aliphatic hydroxyl groups is 1. The second kappa shape index (κ2) is 7.87. The van der Waals surface area contributed by atoms with Crippen molar-refractivity contribution in [2.45, 2.75) is 38.8 Å². The molecule has 1 rings (SSSR count). The van der Waals surface area contributed by atoms with Gasteiger partial charge in [-0.25, -0.2) is 4.98 Å². The molecule has 0 fully saturated rings. The van der Waals surface area contributed by atoms with E-state index in [0.29, 0.717) is 18.9 Å². The summed E-state index contributed by atoms with van der Waals surface area (Å²) >= 11 is 3.25. The first-order chi connectivity index (χ1) is 8.95. The van der Waals surface area contributed by atoms with Crippen molar-refractivity contribution >= 4 is 29.0 Å². The van der Waals surface area contributed by atoms with Gasteiger partial charge in [0.05, 0.1) is 17.2 Å². The Bertz CT molecular complexity index is 407. The quantitative estimate of drug-likeness (QED) is 0.840. The van der Waals surface area contributed by atoms with E-state index in [9.17, 15) is 9.90 Å². The van der Waals surface area contributed by atoms with Crippen molar-refractivity contribution in [1.29, 1.82) is 0 Å². The minimum atomic E-state index is -0.902. The number of carbonyl (C=O) groups is 1. The second-order valence-corrected chi connectivity index (χ2v) is 6.70. The van der Waals surface area contributed by atoms with E-state index in [1.54, 1.807) is 35.0 Å². The first-order valence-corrected chi connectivity index (χ1v) is 8.59. The molecule has 1 aromatic heterocycles. The van der Waals surface area contributed by atoms with Crippen LogP contribution in [-0.2, 0) is 11.3 Å². The highest BCUT2D eigenvalue weighted by Gasteiger charge is 2.19. The standard InChI is InChI=1S/C13H22N2O2S2/c1-9(2)12-14-10(8-19-12)7-15(3)13(17)11(16)5-6-18-4/h8-9,11,16H,5-7H2,1-4H3/t11-/m1/s1. The van der Waals surface area contributed by atoms with Crippen molar-refractivity contribution in [2.24, 2.45) is 0 Å². The van der Waals surface area contributed by atoms with Crippen LogP contribution >= 0.6 is 23.1 Å². The summed E-state index contributed by atoms with van der Waals surface area (Å²) in [4.78, 5) is 18.0. The van der Waals surface area contributed by atoms with Crippen molar-refractivity contribution in [2.75, 3.05) is 19.1 Å². The molecule has 1 amide bonds. The molecule has 1 N–H and O–H groups in total. The summed E-state index contributed by atoms with van der Waals surface area (Å²) in [6.07, 6.45) is 1.56. The number of carbonyl (C=O) groups excluding carboxylic acids is 1. The molecule has 0 saturated heterocycles. The number of nitrogens with zero attached hydrogens (tertiary/aromatic N) is 2. The number of hydrogen-bond acceptors (Lipinski definition) is 5. The number of thiazole rings is 1. The maximum Gasteiger partial charge on any atom is 0.251 e. The van der Waals surface area contributed by atoms with Gasteiger partial charge in [-0.1, -0.05) is 13.8 Å². The Hall–Kier alpha value is -0.590. The van der Waals surface area contributed by atoms with Crippen molar-refractivity contribution in [3.8, 4) is 0 Å². The zero-order valence-corrected chi connectivity index (χ0v) is 13.6. The minimum Gasteiger partial charge on any atom is -0.383 e. The average molecular weight is 302 g/mol. The van der Waals surface area contributed by atoms with Gasteiger partial charge in [0.15, 0.2) is 0 Å². The Morgan fingerprint density at radius 2 is 2.26 bits per heavy atom. The molecule has 0 aliphatic carbocycles. The highest BCUT2D eigenvalue weighted by molar-refractivity contribution is 7.98. The number of amides is 1. The minimum absolute atomic E-state index is 0.229. The lowest BCUT2D eigenvalue weighted by molar-refractivity contribution is -0.139. The van der Waals surface area contributed by atoms with Gasteiger partial charge in [0, 0.05) is 18.3 Å². The topological polar surface area (TPSA) is 53.4 Å². The highest BCUT2D eigenvalue weighted by atomic mass is 32.2. The fourth-order valence-corrected chi connectivity index (χ4v) is 2.87. The molecule has 0 bridgehead atoms. The van der Waals surface area contributed by atoms with Crippen LogP contribution in [0.3, 0.4) is 0 Å². The Labute approximate surface area is 123 Å². The monoisotopic (exact) mass is 302 g/mol. The van der Waals surface area contributed by atoms with Crippen molar-refractivity contribution in [3.05, 3.63) is 16.1 Å². The van der Waals surface area contributed by atoms with E-state index in [1.165, 1.54) is 0 Å². The average Bonchev–Trinajstić information content (AvgIpc) is 2.83. The number of thioether (sulfide) groups is 1. The lowest BCUT2D eigenvalue weighted by Crippen LogP contribution is -2.36. The van der Waals surface area contributed by atoms with Crippen LogP contribution in [-0.4, -0.2) is 46.1 Å². The number of likely N-dealkylation sites (N-methyl/N-ethyl adjacent to an activating group) is 1. The number of aliphatic hydroxyl groups excluding tert-OH is 1. The summed E-state index contributed by atoms with van der Waals surface area (Å²) in [6, 6.07) is 0. The van der Waals surface area contributed by atoms with Gasteiger partial charge in [0.25, 0.3) is 5.91 Å². The Kier molecular flexibility index (Phi) is 6.82. The molecular weight excluding hydrogens is 280 g/mol. The normalized spacial score (nSPS) is 12.7. The van der Waals surface area contributed by atoms with Crippen LogP contribution in [0.15, 0.2) is 5.38 Å². The molecular formula is C13H22N2O2S2. The van der Waals surface area contributed by atoms with E-state index >= 15 is 0 Å². The lowest BCUT2D eigenvalue weighted by atomic mass is 10.2. The molecule has 6 heteroatoms. The van der Waals surface area contributed by atoms with Crippen molar-refractivity contribution in [1.82, 2.24) is 9.88 Å². The van der Waals surface area contributed by atoms with Gasteiger partial charge in [0.1, 0.15) is 6.10 Å². The van der Waals surface area contributed by atoms with Crippen LogP contribution in [0.25, 0.3) is 0 Å². The molecule has 0 spiro atoms. The maximum atomic E-state index is 11.9. The molecule has 0 radical (unpaired) electrons. The van der Waals surface area contributed by atoms with E-state index in [1.807, 2.05) is 11.6 Å². The van der Waals surface area contributed by atoms with Crippen molar-refractivity contribution in [3.63, 3.8) is 0 Å². The third kappa shape index (κ3) is 5.12. The molecule has 0 aliphatic rings. The van der Waals surface area contributed by atoms with Crippen LogP contribution in [0.5, 0.6) is 0 Å². The summed E-state index contributed by atoms with van der Waals surface area (Å²) in [5.74, 6) is 0.967. The molecule has 0 aliphatic heterocycles. The SMILES string of the molecule is CSCC[C@@H](O)C(=O)N(C)Cc1csc(C(C)C)n1. The molecule has 1 heterocycles. The molecule has 1 atom stereocenters. The van der Waals surface area contributed by atoms with Gasteiger partial charge in [-0.05, 0) is 18.4 Å². The zero-order chi connectivity index (χ0) is 14.4. The Morgan fingerprint density at radius 3 is 2.79 bits per heavy atom. The first-order valence-electron chi connectivity index (χ1n) is 6.32. The van der Waals surface area contributed by atoms with E-state index in [-0.39, 0.29) is 5.91 Å². The molecule has 1 aromatic rings. The lowest BCUT2D eigenvalue weighted by Gasteiger charge is -2.19. The molecule has 0 saturated carbocycles. The molecule has 0 aromatic carbocycles. The van der Waals surface area contributed by atoms with Gasteiger partial charge in [0.2, 0.25) is 0 Å². The summed E-state index contributed by atoms with van der Waals surface area (Å²) in [7, 11) is 1.71. The summed E-state index contributed by atoms with van der Waals surface area (Å²) < 4.78 is 0. The number of hydrogen-bond donors (Lipinski definition) is 1. The number of aromatic nitrogens is 1. The van der Waals surface area contributed by atoms with E-state index in [0.717, 1.165) is 16.5 Å². The summed E-state index contributed by atoms with van der Waals surface area (Å²) in [5.41, 5.74) is 0.890. The summed E-state index contributed by atoms with van der Waals surface area (Å²) in [5, 5.41) is 12.8. The first kappa shape index (κ1) is 16.5. The van der Waals surface area contributed by atoms with Crippen LogP contribution in [0, 0.1) is 0 Å². The largest absolute Gasteiger partial charge is 0.383 e. The second-order valence-electron chi connectivity index (χ2n) is 4.82. The van der Waals surface area contributed by atoms with Gasteiger partial charge in [-0.15, -0.1) is 11.3 Å². The van der Waals surface area contributed by atoms with Gasteiger partial charge in [-0.2, -0.15) is 11.8 Å². The van der Waals surface area contributed by atoms with Crippen LogP contribution in [0.1, 0.15) is 36.9 Å². The van der Waals surface area contributed by atoms with Crippen LogP contribution in [0.2, 0.25) is 0 Å². The maximum absolute atomic E-state index is 11.9. The zero-order valence-electron chi connectivity index (χ0n) is 11.9. The number of rotatable bonds is 7. The van der Waals surface area contributed by atoms with Gasteiger partial charge in [-0.3, -0.25) is 4.79 Å². The molecule has 19 heavy (non-hydrogen) atoms. The third-order valence-corrected chi connectivity index (χ3v) is 4.56. The predicted octanol–water partition coefficient (Wildman–Crippen LogP) is 2.34. The fourth-order valence-electron chi connectivity index (χ4n) is 1.59. The highest BCUT2D eigenvalue weighted by Crippen LogP contribution is 2.20. The van der Waals surface area contributed by atoms with E-state index in [4.69, 9.17) is 0 Å². The van der Waals surface area contributed by atoms with Gasteiger partial charge >= 0.3 is 0 Å². The van der Waals surface area contributed by atoms with E-state index in [2.05, 4.69) is 18.8 Å². The third-order valence-electron chi connectivity index (χ3n) is 2.72. The van der Waals surface area contributed by atoms with E-state index < -0.39 is 6.10 Å². The Balaban J connectivity index is 2.53. The fraction of sp³-hybridized carbons (Fsp3) is 0.692. The molecule has 108 valence electrons. The Morgan fingerprint density at radius 1 is 1.58 bits per heavy atom. The van der Waals surface area contributed by atoms with Gasteiger partial charge < -0.3 is 10.0 Å². The molecule has 4 nitrogen and oxygen atoms in total. The summed E-state index contributed by atoms with van der Waals surface area (Å²) in [6.45, 7) is 4.66. The van der Waals surface area contributed by atoms with Crippen LogP contribution < -0.4 is 0 Å².